The van der Waals surface area contributed by atoms with Gasteiger partial charge in [-0.25, -0.2) is 0 Å². The smallest absolute Gasteiger partial charge is 0.187 e. The molecule has 4 saturated carbocycles. The fourth-order valence-corrected chi connectivity index (χ4v) is 16.6. The van der Waals surface area contributed by atoms with Crippen molar-refractivity contribution in [3.63, 3.8) is 0 Å². The van der Waals surface area contributed by atoms with Gasteiger partial charge in [-0.1, -0.05) is 53.2 Å². The molecule has 76 heavy (non-hydrogen) atoms. The van der Waals surface area contributed by atoms with Gasteiger partial charge in [-0.15, -0.1) is 0 Å². The highest BCUT2D eigenvalue weighted by molar-refractivity contribution is 5.36. The second kappa shape index (κ2) is 21.6. The molecule has 22 nitrogen and oxygen atoms in total. The van der Waals surface area contributed by atoms with E-state index in [2.05, 4.69) is 40.7 Å². The third-order valence-electron chi connectivity index (χ3n) is 21.6. The molecule has 438 valence electrons. The van der Waals surface area contributed by atoms with Crippen molar-refractivity contribution in [3.05, 3.63) is 11.6 Å². The largest absolute Gasteiger partial charge is 0.396 e. The van der Waals surface area contributed by atoms with Crippen LogP contribution in [0.3, 0.4) is 0 Å². The van der Waals surface area contributed by atoms with E-state index in [1.807, 2.05) is 6.92 Å². The Morgan fingerprint density at radius 1 is 0.513 bits per heavy atom. The molecule has 14 N–H and O–H groups in total. The van der Waals surface area contributed by atoms with Crippen LogP contribution in [0.5, 0.6) is 0 Å². The number of ether oxygens (including phenoxy) is 8. The number of rotatable bonds is 12. The molecule has 8 fully saturated rings. The van der Waals surface area contributed by atoms with E-state index >= 15 is 0 Å². The Hall–Kier alpha value is -1.14. The van der Waals surface area contributed by atoms with Gasteiger partial charge < -0.3 is 109 Å². The van der Waals surface area contributed by atoms with Crippen LogP contribution >= 0.6 is 0 Å². The fourth-order valence-electron chi connectivity index (χ4n) is 16.6. The summed E-state index contributed by atoms with van der Waals surface area (Å²) in [5, 5.41) is 155. The van der Waals surface area contributed by atoms with Crippen LogP contribution in [0, 0.1) is 50.2 Å². The lowest BCUT2D eigenvalue weighted by Crippen LogP contribution is -2.69. The zero-order valence-corrected chi connectivity index (χ0v) is 45.2. The summed E-state index contributed by atoms with van der Waals surface area (Å²) in [6.45, 7) is 14.5. The van der Waals surface area contributed by atoms with Gasteiger partial charge in [0.1, 0.15) is 85.5 Å². The number of hydrogen-bond acceptors (Lipinski definition) is 22. The topological polar surface area (TPSA) is 357 Å². The number of allylic oxidation sites excluding steroid dienone is 1. The molecular weight excluding hydrogens is 1000 g/mol. The summed E-state index contributed by atoms with van der Waals surface area (Å²) in [7, 11) is 0. The molecule has 4 heterocycles. The molecule has 9 rings (SSSR count). The highest BCUT2D eigenvalue weighted by Crippen LogP contribution is 2.76. The van der Waals surface area contributed by atoms with E-state index in [1.54, 1.807) is 0 Å². The highest BCUT2D eigenvalue weighted by atomic mass is 16.8. The van der Waals surface area contributed by atoms with Crippen molar-refractivity contribution < 1.29 is 109 Å². The molecule has 0 spiro atoms. The molecule has 30 atom stereocenters. The summed E-state index contributed by atoms with van der Waals surface area (Å²) >= 11 is 0. The van der Waals surface area contributed by atoms with Gasteiger partial charge in [0.2, 0.25) is 0 Å². The van der Waals surface area contributed by atoms with Gasteiger partial charge in [-0.2, -0.15) is 0 Å². The molecule has 22 heteroatoms. The Balaban J connectivity index is 1.00. The fraction of sp³-hybridized carbons (Fsp3) is 0.963. The average Bonchev–Trinajstić information content (AvgIpc) is 3.56. The maximum Gasteiger partial charge on any atom is 0.187 e. The SMILES string of the molecule is C[C@@H]1O[C@@H](O[C@H]2[C@H](O)[C@@H](O)[C@H](O[C@H]3[C@@H](O)[C@@H](C)O[C@@H](O[C@H]4CC[C@@]5(C)[C@@H](CC[C@]6(C)[C@@H]5[C@H](O)C=C5[C@@H]7CC(C)(C)CC[C@]7(CO)CC[C@]56C)[C@]4(C)CO)[C@@H]3O[C@@H]3O[C@H](CO)[C@@H](O)[C@H](O)[C@H]3O)O[C@@H]2CO)[C@H](O)[C@H](O)[C@H]1O. The Kier molecular flexibility index (Phi) is 16.9. The molecule has 0 unspecified atom stereocenters. The molecule has 0 amide bonds. The summed E-state index contributed by atoms with van der Waals surface area (Å²) in [5.74, 6) is -0.297. The van der Waals surface area contributed by atoms with E-state index in [0.717, 1.165) is 38.5 Å². The van der Waals surface area contributed by atoms with Crippen molar-refractivity contribution in [1.82, 2.24) is 0 Å². The molecule has 0 aromatic rings. The highest BCUT2D eigenvalue weighted by Gasteiger charge is 2.71. The Labute approximate surface area is 444 Å². The lowest BCUT2D eigenvalue weighted by molar-refractivity contribution is -0.403. The standard InChI is InChI=1S/C54H90O22/c1-23-32(60)35(63)38(66)45(69-23)74-41-29(20-56)72-47(40(68)37(41)65)75-42-33(61)24(2)70-48(43(42)76-46-39(67)36(64)34(62)28(19-55)71-46)73-31-10-11-50(5)30(51(31,6)21-57)9-12-53(8)44(50)27(59)17-25-26-18-49(3,4)13-15-54(26,22-58)16-14-52(25,53)7/h17,23-24,26-48,55-68H,9-16,18-22H2,1-8H3/t23-,24+,26-,27+,28+,29+,30+,31-,32-,33-,34+,35+,36-,37+,38+,39+,40+,41+,42-,43+,44+,45-,46-,47-,48-,50-,51-,52+,53+,54+/m0/s1. The van der Waals surface area contributed by atoms with Crippen molar-refractivity contribution in [2.75, 3.05) is 26.4 Å². The zero-order valence-electron chi connectivity index (χ0n) is 45.2. The summed E-state index contributed by atoms with van der Waals surface area (Å²) in [4.78, 5) is 0. The van der Waals surface area contributed by atoms with Gasteiger partial charge in [0.25, 0.3) is 0 Å². The second-order valence-corrected chi connectivity index (χ2v) is 26.3. The minimum Gasteiger partial charge on any atom is -0.396 e. The first-order valence-electron chi connectivity index (χ1n) is 27.8. The molecule has 0 aromatic heterocycles. The summed E-state index contributed by atoms with van der Waals surface area (Å²) < 4.78 is 49.2. The quantitative estimate of drug-likeness (QED) is 0.0776. The summed E-state index contributed by atoms with van der Waals surface area (Å²) in [5.41, 5.74) is -1.01. The first kappa shape index (κ1) is 59.5. The van der Waals surface area contributed by atoms with E-state index in [0.29, 0.717) is 19.3 Å². The molecular formula is C54H90O22. The van der Waals surface area contributed by atoms with Crippen LogP contribution in [-0.2, 0) is 37.9 Å². The summed E-state index contributed by atoms with van der Waals surface area (Å²) in [6.07, 6.45) is -25.7. The zero-order chi connectivity index (χ0) is 55.6. The van der Waals surface area contributed by atoms with Gasteiger partial charge in [-0.05, 0) is 105 Å². The van der Waals surface area contributed by atoms with E-state index in [9.17, 15) is 71.5 Å². The van der Waals surface area contributed by atoms with Crippen molar-refractivity contribution in [3.8, 4) is 0 Å². The summed E-state index contributed by atoms with van der Waals surface area (Å²) in [6, 6.07) is 0. The van der Waals surface area contributed by atoms with Gasteiger partial charge in [-0.3, -0.25) is 0 Å². The van der Waals surface area contributed by atoms with Crippen LogP contribution in [0.4, 0.5) is 0 Å². The molecule has 0 bridgehead atoms. The maximum atomic E-state index is 12.7. The third kappa shape index (κ3) is 9.51. The van der Waals surface area contributed by atoms with Gasteiger partial charge in [0.05, 0.1) is 44.2 Å². The van der Waals surface area contributed by atoms with Crippen LogP contribution in [0.25, 0.3) is 0 Å². The third-order valence-corrected chi connectivity index (χ3v) is 21.6. The number of aliphatic hydroxyl groups excluding tert-OH is 14. The van der Waals surface area contributed by atoms with Crippen molar-refractivity contribution in [2.45, 2.75) is 248 Å². The Morgan fingerprint density at radius 3 is 1.70 bits per heavy atom. The number of aliphatic hydroxyl groups is 14. The van der Waals surface area contributed by atoms with E-state index in [4.69, 9.17) is 37.9 Å². The first-order chi connectivity index (χ1) is 35.6. The van der Waals surface area contributed by atoms with Gasteiger partial charge in [0, 0.05) is 23.4 Å². The van der Waals surface area contributed by atoms with Crippen molar-refractivity contribution in [2.24, 2.45) is 50.2 Å². The van der Waals surface area contributed by atoms with E-state index in [1.165, 1.54) is 19.4 Å². The van der Waals surface area contributed by atoms with Crippen LogP contribution in [-0.4, -0.2) is 233 Å². The lowest BCUT2D eigenvalue weighted by atomic mass is 9.33. The van der Waals surface area contributed by atoms with Crippen LogP contribution in [0.1, 0.15) is 113 Å². The monoisotopic (exact) mass is 1090 g/mol. The van der Waals surface area contributed by atoms with E-state index in [-0.39, 0.29) is 52.6 Å². The minimum absolute atomic E-state index is 0.0867. The molecule has 9 aliphatic rings. The van der Waals surface area contributed by atoms with Gasteiger partial charge >= 0.3 is 0 Å². The Morgan fingerprint density at radius 2 is 1.07 bits per heavy atom. The lowest BCUT2D eigenvalue weighted by Gasteiger charge is -2.72. The first-order valence-corrected chi connectivity index (χ1v) is 27.8. The van der Waals surface area contributed by atoms with Crippen LogP contribution < -0.4 is 0 Å². The Bertz CT molecular complexity index is 2050. The van der Waals surface area contributed by atoms with Crippen molar-refractivity contribution in [1.29, 1.82) is 0 Å². The number of fused-ring (bicyclic) bond motifs is 7. The van der Waals surface area contributed by atoms with E-state index < -0.39 is 159 Å². The van der Waals surface area contributed by atoms with Crippen LogP contribution in [0.15, 0.2) is 11.6 Å². The molecule has 4 saturated heterocycles. The second-order valence-electron chi connectivity index (χ2n) is 26.3. The van der Waals surface area contributed by atoms with Gasteiger partial charge in [0.15, 0.2) is 25.2 Å². The molecule has 4 aliphatic heterocycles. The normalized spacial score (nSPS) is 56.3. The van der Waals surface area contributed by atoms with Crippen molar-refractivity contribution >= 4 is 0 Å². The predicted molar refractivity (Wildman–Crippen MR) is 263 cm³/mol. The maximum absolute atomic E-state index is 12.7. The minimum atomic E-state index is -2.02. The molecule has 0 radical (unpaired) electrons. The average molecular weight is 1090 g/mol. The molecule has 5 aliphatic carbocycles. The molecule has 0 aromatic carbocycles. The van der Waals surface area contributed by atoms with Crippen LogP contribution in [0.2, 0.25) is 0 Å². The predicted octanol–water partition coefficient (Wildman–Crippen LogP) is -1.56. The number of hydrogen-bond donors (Lipinski definition) is 14.